The summed E-state index contributed by atoms with van der Waals surface area (Å²) in [5.74, 6) is -0.564. The topological polar surface area (TPSA) is 79.8 Å². The lowest BCUT2D eigenvalue weighted by Crippen LogP contribution is -2.32. The minimum atomic E-state index is -0.493. The van der Waals surface area contributed by atoms with Crippen molar-refractivity contribution in [3.8, 4) is 0 Å². The molecule has 2 N–H and O–H groups in total. The maximum absolute atomic E-state index is 11.8. The van der Waals surface area contributed by atoms with Crippen LogP contribution in [0.4, 0.5) is 5.69 Å². The molecular weight excluding hydrogens is 234 g/mol. The predicted octanol–water partition coefficient (Wildman–Crippen LogP) is 0.413. The zero-order valence-electron chi connectivity index (χ0n) is 9.90. The molecule has 1 amide bonds. The smallest absolute Gasteiger partial charge is 0.339 e. The fourth-order valence-electron chi connectivity index (χ4n) is 1.61. The molecule has 2 rings (SSSR count). The van der Waals surface area contributed by atoms with Crippen molar-refractivity contribution < 1.29 is 14.3 Å². The van der Waals surface area contributed by atoms with E-state index in [1.165, 1.54) is 7.11 Å². The molecule has 0 fully saturated rings. The number of aliphatic imine (C=N–C) groups is 1. The number of amidine groups is 1. The van der Waals surface area contributed by atoms with Gasteiger partial charge in [0.1, 0.15) is 0 Å². The van der Waals surface area contributed by atoms with Crippen molar-refractivity contribution in [1.29, 1.82) is 0 Å². The Labute approximate surface area is 104 Å². The number of ether oxygens (including phenoxy) is 1. The number of hydrogen-bond donors (Lipinski definition) is 2. The third kappa shape index (κ3) is 2.48. The summed E-state index contributed by atoms with van der Waals surface area (Å²) in [6.07, 6.45) is 0. The Hall–Kier alpha value is -2.37. The minimum absolute atomic E-state index is 0.287. The van der Waals surface area contributed by atoms with Gasteiger partial charge in [-0.2, -0.15) is 0 Å². The van der Waals surface area contributed by atoms with E-state index in [1.54, 1.807) is 24.3 Å². The van der Waals surface area contributed by atoms with Crippen LogP contribution in [0.15, 0.2) is 29.3 Å². The van der Waals surface area contributed by atoms with Gasteiger partial charge in [0, 0.05) is 6.54 Å². The second-order valence-corrected chi connectivity index (χ2v) is 3.65. The van der Waals surface area contributed by atoms with Gasteiger partial charge in [-0.15, -0.1) is 0 Å². The van der Waals surface area contributed by atoms with Crippen LogP contribution in [0.3, 0.4) is 0 Å². The highest BCUT2D eigenvalue weighted by molar-refractivity contribution is 6.42. The second-order valence-electron chi connectivity index (χ2n) is 3.65. The van der Waals surface area contributed by atoms with Gasteiger partial charge in [0.2, 0.25) is 0 Å². The largest absolute Gasteiger partial charge is 0.465 e. The van der Waals surface area contributed by atoms with Gasteiger partial charge in [-0.3, -0.25) is 9.79 Å². The van der Waals surface area contributed by atoms with Crippen molar-refractivity contribution in [2.45, 2.75) is 0 Å². The maximum atomic E-state index is 11.8. The van der Waals surface area contributed by atoms with E-state index in [9.17, 15) is 9.59 Å². The number of para-hydroxylation sites is 1. The van der Waals surface area contributed by atoms with Crippen LogP contribution in [0.1, 0.15) is 10.4 Å². The molecule has 0 saturated heterocycles. The fraction of sp³-hybridized carbons (Fsp3) is 0.250. The SMILES string of the molecule is COC(=O)c1ccccc1NC(=O)C1=NCCN1. The van der Waals surface area contributed by atoms with Crippen molar-refractivity contribution in [1.82, 2.24) is 5.32 Å². The molecule has 6 heteroatoms. The summed E-state index contributed by atoms with van der Waals surface area (Å²) >= 11 is 0. The first-order valence-electron chi connectivity index (χ1n) is 5.49. The zero-order valence-corrected chi connectivity index (χ0v) is 9.90. The van der Waals surface area contributed by atoms with Crippen molar-refractivity contribution in [2.75, 3.05) is 25.5 Å². The van der Waals surface area contributed by atoms with Crippen LogP contribution >= 0.6 is 0 Å². The average molecular weight is 247 g/mol. The van der Waals surface area contributed by atoms with Crippen molar-refractivity contribution in [3.05, 3.63) is 29.8 Å². The highest BCUT2D eigenvalue weighted by atomic mass is 16.5. The predicted molar refractivity (Wildman–Crippen MR) is 66.7 cm³/mol. The summed E-state index contributed by atoms with van der Waals surface area (Å²) in [7, 11) is 1.30. The summed E-state index contributed by atoms with van der Waals surface area (Å²) in [4.78, 5) is 27.3. The third-order valence-electron chi connectivity index (χ3n) is 2.47. The van der Waals surface area contributed by atoms with Gasteiger partial charge in [-0.05, 0) is 12.1 Å². The lowest BCUT2D eigenvalue weighted by molar-refractivity contribution is -0.110. The Morgan fingerprint density at radius 1 is 1.39 bits per heavy atom. The van der Waals surface area contributed by atoms with E-state index >= 15 is 0 Å². The summed E-state index contributed by atoms with van der Waals surface area (Å²) in [6.45, 7) is 1.24. The van der Waals surface area contributed by atoms with E-state index in [-0.39, 0.29) is 11.7 Å². The minimum Gasteiger partial charge on any atom is -0.465 e. The molecule has 18 heavy (non-hydrogen) atoms. The van der Waals surface area contributed by atoms with Crippen molar-refractivity contribution in [3.63, 3.8) is 0 Å². The van der Waals surface area contributed by atoms with E-state index in [4.69, 9.17) is 0 Å². The Balaban J connectivity index is 2.18. The monoisotopic (exact) mass is 247 g/mol. The number of anilines is 1. The number of benzene rings is 1. The second kappa shape index (κ2) is 5.31. The lowest BCUT2D eigenvalue weighted by atomic mass is 10.2. The van der Waals surface area contributed by atoms with E-state index in [1.807, 2.05) is 0 Å². The molecule has 0 unspecified atom stereocenters. The van der Waals surface area contributed by atoms with Gasteiger partial charge in [-0.1, -0.05) is 12.1 Å². The number of esters is 1. The van der Waals surface area contributed by atoms with Crippen LogP contribution in [0.25, 0.3) is 0 Å². The van der Waals surface area contributed by atoms with Crippen LogP contribution in [-0.2, 0) is 9.53 Å². The Morgan fingerprint density at radius 3 is 2.83 bits per heavy atom. The number of methoxy groups -OCH3 is 1. The molecule has 1 aromatic carbocycles. The summed E-state index contributed by atoms with van der Waals surface area (Å²) < 4.78 is 4.65. The van der Waals surface area contributed by atoms with Crippen LogP contribution in [0.2, 0.25) is 0 Å². The molecule has 0 spiro atoms. The highest BCUT2D eigenvalue weighted by Crippen LogP contribution is 2.15. The van der Waals surface area contributed by atoms with Crippen LogP contribution in [-0.4, -0.2) is 37.9 Å². The Morgan fingerprint density at radius 2 is 2.17 bits per heavy atom. The molecular formula is C12H13N3O3. The summed E-state index contributed by atoms with van der Waals surface area (Å²) in [5, 5.41) is 5.50. The fourth-order valence-corrected chi connectivity index (χ4v) is 1.61. The zero-order chi connectivity index (χ0) is 13.0. The van der Waals surface area contributed by atoms with E-state index in [0.29, 0.717) is 24.3 Å². The first-order valence-corrected chi connectivity index (χ1v) is 5.49. The van der Waals surface area contributed by atoms with Crippen LogP contribution in [0.5, 0.6) is 0 Å². The van der Waals surface area contributed by atoms with Gasteiger partial charge < -0.3 is 15.4 Å². The van der Waals surface area contributed by atoms with E-state index < -0.39 is 5.97 Å². The quantitative estimate of drug-likeness (QED) is 0.758. The molecule has 0 aromatic heterocycles. The Bertz CT molecular complexity index is 511. The summed E-state index contributed by atoms with van der Waals surface area (Å²) in [5.41, 5.74) is 0.720. The lowest BCUT2D eigenvalue weighted by Gasteiger charge is -2.09. The standard InChI is InChI=1S/C12H13N3O3/c1-18-12(17)8-4-2-3-5-9(8)15-11(16)10-13-6-7-14-10/h2-5H,6-7H2,1H3,(H,13,14)(H,15,16). The molecule has 94 valence electrons. The Kier molecular flexibility index (Phi) is 3.57. The number of carbonyl (C=O) groups excluding carboxylic acids is 2. The van der Waals surface area contributed by atoms with E-state index in [0.717, 1.165) is 0 Å². The molecule has 1 aliphatic rings. The van der Waals surface area contributed by atoms with Crippen LogP contribution < -0.4 is 10.6 Å². The average Bonchev–Trinajstić information content (AvgIpc) is 2.92. The van der Waals surface area contributed by atoms with Crippen molar-refractivity contribution >= 4 is 23.4 Å². The number of amides is 1. The van der Waals surface area contributed by atoms with Gasteiger partial charge >= 0.3 is 5.97 Å². The number of nitrogens with one attached hydrogen (secondary N) is 2. The van der Waals surface area contributed by atoms with Gasteiger partial charge in [-0.25, -0.2) is 4.79 Å². The van der Waals surface area contributed by atoms with Crippen molar-refractivity contribution in [2.24, 2.45) is 4.99 Å². The maximum Gasteiger partial charge on any atom is 0.339 e. The molecule has 0 bridgehead atoms. The van der Waals surface area contributed by atoms with Gasteiger partial charge in [0.05, 0.1) is 24.9 Å². The van der Waals surface area contributed by atoms with E-state index in [2.05, 4.69) is 20.4 Å². The molecule has 0 aliphatic carbocycles. The first-order chi connectivity index (χ1) is 8.72. The number of hydrogen-bond acceptors (Lipinski definition) is 5. The molecule has 1 aromatic rings. The summed E-state index contributed by atoms with van der Waals surface area (Å²) in [6, 6.07) is 6.66. The number of rotatable bonds is 3. The van der Waals surface area contributed by atoms with Crippen LogP contribution in [0, 0.1) is 0 Å². The highest BCUT2D eigenvalue weighted by Gasteiger charge is 2.18. The molecule has 1 heterocycles. The van der Waals surface area contributed by atoms with Gasteiger partial charge in [0.15, 0.2) is 5.84 Å². The molecule has 1 aliphatic heterocycles. The molecule has 0 radical (unpaired) electrons. The molecule has 6 nitrogen and oxygen atoms in total. The number of carbonyl (C=O) groups is 2. The molecule has 0 atom stereocenters. The third-order valence-corrected chi connectivity index (χ3v) is 2.47. The van der Waals surface area contributed by atoms with Gasteiger partial charge in [0.25, 0.3) is 5.91 Å². The normalized spacial score (nSPS) is 13.5. The first kappa shape index (κ1) is 12.1. The molecule has 0 saturated carbocycles. The number of nitrogens with zero attached hydrogens (tertiary/aromatic N) is 1.